The van der Waals surface area contributed by atoms with Crippen molar-refractivity contribution >= 4 is 34.8 Å². The lowest BCUT2D eigenvalue weighted by molar-refractivity contribution is -0.119. The predicted octanol–water partition coefficient (Wildman–Crippen LogP) is 2.88. The highest BCUT2D eigenvalue weighted by Gasteiger charge is 2.07. The Balaban J connectivity index is 1.83. The molecule has 3 N–H and O–H groups in total. The van der Waals surface area contributed by atoms with Crippen LogP contribution >= 0.6 is 12.2 Å². The van der Waals surface area contributed by atoms with Gasteiger partial charge in [0, 0.05) is 17.8 Å². The Kier molecular flexibility index (Phi) is 7.10. The number of amides is 2. The summed E-state index contributed by atoms with van der Waals surface area (Å²) in [6.07, 6.45) is 1.15. The van der Waals surface area contributed by atoms with Gasteiger partial charge in [0.15, 0.2) is 5.11 Å². The Morgan fingerprint density at radius 3 is 2.32 bits per heavy atom. The largest absolute Gasteiger partial charge is 0.352 e. The third kappa shape index (κ3) is 6.35. The van der Waals surface area contributed by atoms with Crippen LogP contribution in [0.1, 0.15) is 29.3 Å². The van der Waals surface area contributed by atoms with E-state index in [1.54, 1.807) is 24.3 Å². The van der Waals surface area contributed by atoms with Crippen molar-refractivity contribution in [2.75, 3.05) is 11.9 Å². The van der Waals surface area contributed by atoms with E-state index in [0.717, 1.165) is 12.0 Å². The molecule has 0 saturated heterocycles. The first-order valence-corrected chi connectivity index (χ1v) is 8.52. The second kappa shape index (κ2) is 9.54. The van der Waals surface area contributed by atoms with E-state index < -0.39 is 0 Å². The van der Waals surface area contributed by atoms with Crippen molar-refractivity contribution in [2.45, 2.75) is 19.8 Å². The second-order valence-corrected chi connectivity index (χ2v) is 5.91. The molecule has 2 amide bonds. The molecule has 2 aromatic carbocycles. The highest BCUT2D eigenvalue weighted by Crippen LogP contribution is 2.09. The van der Waals surface area contributed by atoms with Crippen molar-refractivity contribution in [1.29, 1.82) is 0 Å². The maximum absolute atomic E-state index is 12.0. The zero-order chi connectivity index (χ0) is 18.1. The van der Waals surface area contributed by atoms with Crippen molar-refractivity contribution in [2.24, 2.45) is 0 Å². The molecule has 0 radical (unpaired) electrons. The molecule has 130 valence electrons. The van der Waals surface area contributed by atoms with Crippen LogP contribution in [0.3, 0.4) is 0 Å². The monoisotopic (exact) mass is 355 g/mol. The molecule has 0 atom stereocenters. The van der Waals surface area contributed by atoms with Crippen LogP contribution in [-0.2, 0) is 11.2 Å². The van der Waals surface area contributed by atoms with Gasteiger partial charge in [-0.1, -0.05) is 37.3 Å². The Bertz CT molecular complexity index is 730. The van der Waals surface area contributed by atoms with Gasteiger partial charge in [0.05, 0.1) is 6.42 Å². The number of carbonyl (C=O) groups is 2. The molecule has 0 aliphatic heterocycles. The summed E-state index contributed by atoms with van der Waals surface area (Å²) in [6.45, 7) is 2.65. The van der Waals surface area contributed by atoms with Gasteiger partial charge < -0.3 is 16.0 Å². The van der Waals surface area contributed by atoms with Crippen LogP contribution in [0.5, 0.6) is 0 Å². The summed E-state index contributed by atoms with van der Waals surface area (Å²) in [7, 11) is 0. The zero-order valence-corrected chi connectivity index (χ0v) is 14.9. The molecule has 0 bridgehead atoms. The van der Waals surface area contributed by atoms with E-state index in [4.69, 9.17) is 12.2 Å². The molecular weight excluding hydrogens is 334 g/mol. The molecule has 0 unspecified atom stereocenters. The number of anilines is 1. The van der Waals surface area contributed by atoms with Crippen LogP contribution in [0.4, 0.5) is 5.69 Å². The molecule has 2 aromatic rings. The van der Waals surface area contributed by atoms with Crippen LogP contribution in [-0.4, -0.2) is 23.5 Å². The lowest BCUT2D eigenvalue weighted by Gasteiger charge is -2.10. The summed E-state index contributed by atoms with van der Waals surface area (Å²) < 4.78 is 0. The van der Waals surface area contributed by atoms with Crippen molar-refractivity contribution in [3.63, 3.8) is 0 Å². The van der Waals surface area contributed by atoms with Crippen LogP contribution in [0.25, 0.3) is 0 Å². The Hall–Kier alpha value is -2.73. The smallest absolute Gasteiger partial charge is 0.251 e. The van der Waals surface area contributed by atoms with Gasteiger partial charge in [0.2, 0.25) is 5.91 Å². The van der Waals surface area contributed by atoms with E-state index in [2.05, 4.69) is 16.0 Å². The van der Waals surface area contributed by atoms with Gasteiger partial charge in [-0.3, -0.25) is 9.59 Å². The fourth-order valence-corrected chi connectivity index (χ4v) is 2.39. The van der Waals surface area contributed by atoms with Gasteiger partial charge in [-0.15, -0.1) is 0 Å². The number of thiocarbonyl (C=S) groups is 1. The lowest BCUT2D eigenvalue weighted by Crippen LogP contribution is -2.35. The summed E-state index contributed by atoms with van der Waals surface area (Å²) in [4.78, 5) is 23.8. The molecule has 0 aliphatic rings. The van der Waals surface area contributed by atoms with E-state index in [0.29, 0.717) is 17.8 Å². The van der Waals surface area contributed by atoms with Gasteiger partial charge in [-0.25, -0.2) is 0 Å². The second-order valence-electron chi connectivity index (χ2n) is 5.50. The fourth-order valence-electron chi connectivity index (χ4n) is 2.16. The summed E-state index contributed by atoms with van der Waals surface area (Å²) in [5, 5.41) is 8.62. The first-order valence-electron chi connectivity index (χ1n) is 8.11. The molecule has 25 heavy (non-hydrogen) atoms. The standard InChI is InChI=1S/C19H21N3O2S/c1-2-12-20-18(24)15-8-10-16(11-9-15)21-19(25)22-17(23)13-14-6-4-3-5-7-14/h3-11H,2,12-13H2,1H3,(H,20,24)(H2,21,22,23,25). The van der Waals surface area contributed by atoms with Crippen molar-refractivity contribution in [3.8, 4) is 0 Å². The third-order valence-corrected chi connectivity index (χ3v) is 3.61. The van der Waals surface area contributed by atoms with Crippen molar-refractivity contribution in [3.05, 3.63) is 65.7 Å². The summed E-state index contributed by atoms with van der Waals surface area (Å²) in [5.74, 6) is -0.286. The summed E-state index contributed by atoms with van der Waals surface area (Å²) in [6, 6.07) is 16.4. The maximum Gasteiger partial charge on any atom is 0.251 e. The van der Waals surface area contributed by atoms with Crippen LogP contribution in [0.2, 0.25) is 0 Å². The average Bonchev–Trinajstić information content (AvgIpc) is 2.61. The van der Waals surface area contributed by atoms with E-state index in [9.17, 15) is 9.59 Å². The first-order chi connectivity index (χ1) is 12.1. The SMILES string of the molecule is CCCNC(=O)c1ccc(NC(=S)NC(=O)Cc2ccccc2)cc1. The minimum Gasteiger partial charge on any atom is -0.352 e. The molecule has 0 aromatic heterocycles. The fraction of sp³-hybridized carbons (Fsp3) is 0.211. The number of benzene rings is 2. The first kappa shape index (κ1) is 18.6. The van der Waals surface area contributed by atoms with Gasteiger partial charge in [-0.2, -0.15) is 0 Å². The van der Waals surface area contributed by atoms with E-state index >= 15 is 0 Å². The van der Waals surface area contributed by atoms with E-state index in [1.165, 1.54) is 0 Å². The number of rotatable bonds is 6. The number of nitrogens with one attached hydrogen (secondary N) is 3. The minimum atomic E-state index is -0.181. The van der Waals surface area contributed by atoms with Gasteiger partial charge >= 0.3 is 0 Å². The van der Waals surface area contributed by atoms with Gasteiger partial charge in [0.1, 0.15) is 0 Å². The molecule has 6 heteroatoms. The minimum absolute atomic E-state index is 0.104. The molecule has 2 rings (SSSR count). The molecule has 5 nitrogen and oxygen atoms in total. The third-order valence-electron chi connectivity index (χ3n) is 3.40. The summed E-state index contributed by atoms with van der Waals surface area (Å²) in [5.41, 5.74) is 2.21. The van der Waals surface area contributed by atoms with Crippen LogP contribution in [0, 0.1) is 0 Å². The number of carbonyl (C=O) groups excluding carboxylic acids is 2. The Morgan fingerprint density at radius 2 is 1.68 bits per heavy atom. The maximum atomic E-state index is 12.0. The predicted molar refractivity (Wildman–Crippen MR) is 104 cm³/mol. The quantitative estimate of drug-likeness (QED) is 0.697. The highest BCUT2D eigenvalue weighted by atomic mass is 32.1. The topological polar surface area (TPSA) is 70.2 Å². The number of hydrogen-bond acceptors (Lipinski definition) is 3. The Labute approximate surface area is 152 Å². The van der Waals surface area contributed by atoms with Gasteiger partial charge in [-0.05, 0) is 48.5 Å². The zero-order valence-electron chi connectivity index (χ0n) is 14.0. The molecule has 0 saturated carbocycles. The molecule has 0 heterocycles. The average molecular weight is 355 g/mol. The van der Waals surface area contributed by atoms with Gasteiger partial charge in [0.25, 0.3) is 5.91 Å². The van der Waals surface area contributed by atoms with Crippen LogP contribution < -0.4 is 16.0 Å². The molecule has 0 aliphatic carbocycles. The summed E-state index contributed by atoms with van der Waals surface area (Å²) >= 11 is 5.15. The lowest BCUT2D eigenvalue weighted by atomic mass is 10.1. The molecular formula is C19H21N3O2S. The number of hydrogen-bond donors (Lipinski definition) is 3. The highest BCUT2D eigenvalue weighted by molar-refractivity contribution is 7.80. The van der Waals surface area contributed by atoms with E-state index in [-0.39, 0.29) is 23.3 Å². The van der Waals surface area contributed by atoms with Crippen molar-refractivity contribution in [1.82, 2.24) is 10.6 Å². The Morgan fingerprint density at radius 1 is 1.00 bits per heavy atom. The molecule has 0 spiro atoms. The van der Waals surface area contributed by atoms with Crippen LogP contribution in [0.15, 0.2) is 54.6 Å². The molecule has 0 fully saturated rings. The van der Waals surface area contributed by atoms with E-state index in [1.807, 2.05) is 37.3 Å². The normalized spacial score (nSPS) is 9.96. The van der Waals surface area contributed by atoms with Crippen molar-refractivity contribution < 1.29 is 9.59 Å².